The first-order valence-electron chi connectivity index (χ1n) is 0.667. The van der Waals surface area contributed by atoms with Crippen LogP contribution >= 0.6 is 0 Å². The number of hydrogen-bond donors (Lipinski definition) is 0. The smallest absolute Gasteiger partial charge is 0.759 e. The molecule has 0 bridgehead atoms. The van der Waals surface area contributed by atoms with Gasteiger partial charge in [-0.1, -0.05) is 0 Å². The number of hydrogen-bond acceptors (Lipinski definition) is 4. The fourth-order valence-electron chi connectivity index (χ4n) is 0. The topological polar surface area (TPSA) is 80.3 Å². The van der Waals surface area contributed by atoms with Crippen LogP contribution in [0.3, 0.4) is 0 Å². The predicted octanol–water partition coefficient (Wildman–Crippen LogP) is -1.72. The van der Waals surface area contributed by atoms with E-state index in [-0.39, 0.29) is 55.0 Å². The van der Waals surface area contributed by atoms with Crippen molar-refractivity contribution in [3.8, 4) is 0 Å². The molecule has 0 amide bonds. The molecule has 0 aliphatic heterocycles. The van der Waals surface area contributed by atoms with Crippen molar-refractivity contribution >= 4 is 37.7 Å². The van der Waals surface area contributed by atoms with Gasteiger partial charge >= 0.3 is 55.0 Å². The summed E-state index contributed by atoms with van der Waals surface area (Å²) in [6.45, 7) is 0. The van der Waals surface area contributed by atoms with Crippen molar-refractivity contribution in [3.63, 3.8) is 0 Å². The minimum atomic E-state index is -5.17. The Morgan fingerprint density at radius 2 is 1.14 bits per heavy atom. The molecule has 0 aromatic heterocycles. The zero-order valence-electron chi connectivity index (χ0n) is 3.25. The molecule has 0 aliphatic carbocycles. The molecule has 0 saturated heterocycles. The van der Waals surface area contributed by atoms with E-state index in [0.29, 0.717) is 0 Å². The maximum atomic E-state index is 8.52. The Kier molecular flexibility index (Phi) is 13.3. The second-order valence-corrected chi connectivity index (χ2v) is 1.22. The minimum absolute atomic E-state index is 0. The molecular formula is HgO4PbS+. The van der Waals surface area contributed by atoms with Gasteiger partial charge < -0.3 is 9.11 Å². The molecule has 7 heavy (non-hydrogen) atoms. The van der Waals surface area contributed by atoms with Crippen LogP contribution in [0.2, 0.25) is 0 Å². The van der Waals surface area contributed by atoms with Gasteiger partial charge in [-0.05, 0) is 0 Å². The predicted molar refractivity (Wildman–Crippen MR) is 16.2 cm³/mol. The van der Waals surface area contributed by atoms with Gasteiger partial charge in [-0.15, -0.1) is 0 Å². The third kappa shape index (κ3) is 85.0. The SMILES string of the molecule is O=S(=O)([O-])[O-].[Hg+].[Pb+2]. The molecule has 0 aromatic carbocycles. The maximum absolute atomic E-state index is 8.52. The molecule has 0 spiro atoms. The first kappa shape index (κ1) is 15.9. The van der Waals surface area contributed by atoms with E-state index in [1.807, 2.05) is 0 Å². The molecule has 3 radical (unpaired) electrons. The van der Waals surface area contributed by atoms with E-state index in [1.54, 1.807) is 0 Å². The van der Waals surface area contributed by atoms with Gasteiger partial charge in [0.25, 0.3) is 0 Å². The summed E-state index contributed by atoms with van der Waals surface area (Å²) in [6, 6.07) is 0. The van der Waals surface area contributed by atoms with Gasteiger partial charge in [0.1, 0.15) is 0 Å². The standard InChI is InChI=1S/Hg.H2O4S.Pb/c;1-5(2,3)4;/h;(H2,1,2,3,4);/q+1;;+2/p-2. The van der Waals surface area contributed by atoms with Crippen LogP contribution in [0.5, 0.6) is 0 Å². The Balaban J connectivity index is -0.0000000800. The van der Waals surface area contributed by atoms with Crippen LogP contribution in [0, 0.1) is 0 Å². The van der Waals surface area contributed by atoms with E-state index in [2.05, 4.69) is 0 Å². The first-order valence-corrected chi connectivity index (χ1v) is 2.00. The Bertz CT molecular complexity index is 94.9. The average molecular weight is 504 g/mol. The molecule has 35 valence electrons. The third-order valence-electron chi connectivity index (χ3n) is 0. The van der Waals surface area contributed by atoms with Crippen molar-refractivity contribution < 1.29 is 45.2 Å². The van der Waals surface area contributed by atoms with E-state index >= 15 is 0 Å². The molecule has 0 heterocycles. The number of rotatable bonds is 0. The monoisotopic (exact) mass is 506 g/mol. The Hall–Kier alpha value is 1.73. The third-order valence-corrected chi connectivity index (χ3v) is 0. The van der Waals surface area contributed by atoms with Crippen molar-refractivity contribution in [2.75, 3.05) is 0 Å². The Morgan fingerprint density at radius 1 is 1.14 bits per heavy atom. The summed E-state index contributed by atoms with van der Waals surface area (Å²) in [4.78, 5) is 0. The van der Waals surface area contributed by atoms with E-state index < -0.39 is 10.4 Å². The molecule has 4 nitrogen and oxygen atoms in total. The van der Waals surface area contributed by atoms with Crippen LogP contribution in [0.4, 0.5) is 0 Å². The molecule has 0 rings (SSSR count). The summed E-state index contributed by atoms with van der Waals surface area (Å²) >= 11 is 0. The van der Waals surface area contributed by atoms with E-state index in [4.69, 9.17) is 17.5 Å². The first-order chi connectivity index (χ1) is 2.00. The zero-order chi connectivity index (χ0) is 4.50. The second-order valence-electron chi connectivity index (χ2n) is 0.408. The summed E-state index contributed by atoms with van der Waals surface area (Å²) in [5.74, 6) is 0. The van der Waals surface area contributed by atoms with Crippen LogP contribution in [-0.2, 0) is 38.1 Å². The normalized spacial score (nSPS) is 8.29. The Labute approximate surface area is 81.9 Å². The Morgan fingerprint density at radius 3 is 1.14 bits per heavy atom. The van der Waals surface area contributed by atoms with Crippen molar-refractivity contribution in [3.05, 3.63) is 0 Å². The molecule has 0 fully saturated rings. The van der Waals surface area contributed by atoms with Gasteiger partial charge in [0.15, 0.2) is 0 Å². The fourth-order valence-corrected chi connectivity index (χ4v) is 0. The van der Waals surface area contributed by atoms with Crippen molar-refractivity contribution in [2.45, 2.75) is 0 Å². The van der Waals surface area contributed by atoms with Crippen LogP contribution in [0.25, 0.3) is 0 Å². The molecular weight excluding hydrogens is 504 g/mol. The molecule has 0 unspecified atom stereocenters. The minimum Gasteiger partial charge on any atom is -0.759 e. The molecule has 0 aliphatic rings. The summed E-state index contributed by atoms with van der Waals surface area (Å²) < 4.78 is 34.1. The van der Waals surface area contributed by atoms with Crippen molar-refractivity contribution in [1.29, 1.82) is 0 Å². The molecule has 0 N–H and O–H groups in total. The van der Waals surface area contributed by atoms with Crippen molar-refractivity contribution in [2.24, 2.45) is 0 Å². The van der Waals surface area contributed by atoms with E-state index in [0.717, 1.165) is 0 Å². The van der Waals surface area contributed by atoms with Gasteiger partial charge in [-0.2, -0.15) is 0 Å². The van der Waals surface area contributed by atoms with Gasteiger partial charge in [0.05, 0.1) is 0 Å². The summed E-state index contributed by atoms with van der Waals surface area (Å²) in [6.07, 6.45) is 0. The van der Waals surface area contributed by atoms with Gasteiger partial charge in [-0.3, -0.25) is 8.42 Å². The quantitative estimate of drug-likeness (QED) is 0.224. The summed E-state index contributed by atoms with van der Waals surface area (Å²) in [7, 11) is -5.17. The van der Waals surface area contributed by atoms with E-state index in [1.165, 1.54) is 0 Å². The van der Waals surface area contributed by atoms with Gasteiger partial charge in [0.2, 0.25) is 0 Å². The molecule has 0 saturated carbocycles. The van der Waals surface area contributed by atoms with E-state index in [9.17, 15) is 0 Å². The van der Waals surface area contributed by atoms with Crippen LogP contribution < -0.4 is 0 Å². The van der Waals surface area contributed by atoms with Crippen molar-refractivity contribution in [1.82, 2.24) is 0 Å². The summed E-state index contributed by atoms with van der Waals surface area (Å²) in [5.41, 5.74) is 0. The molecule has 0 aromatic rings. The fraction of sp³-hybridized carbons (Fsp3) is 0. The maximum Gasteiger partial charge on any atom is 2.00 e. The van der Waals surface area contributed by atoms with Crippen LogP contribution in [-0.4, -0.2) is 44.8 Å². The van der Waals surface area contributed by atoms with Crippen LogP contribution in [0.1, 0.15) is 0 Å². The van der Waals surface area contributed by atoms with Crippen LogP contribution in [0.15, 0.2) is 0 Å². The largest absolute Gasteiger partial charge is 2.00 e. The van der Waals surface area contributed by atoms with Gasteiger partial charge in [0, 0.05) is 10.4 Å². The van der Waals surface area contributed by atoms with Gasteiger partial charge in [-0.25, -0.2) is 0 Å². The molecule has 7 heteroatoms. The zero-order valence-corrected chi connectivity index (χ0v) is 13.5. The average Bonchev–Trinajstić information content (AvgIpc) is 0.722. The summed E-state index contributed by atoms with van der Waals surface area (Å²) in [5, 5.41) is 0. The molecule has 0 atom stereocenters. The second kappa shape index (κ2) is 5.86.